The minimum absolute atomic E-state index is 0.148. The molecular formula is C23H40F2O. The standard InChI is InChI=1S/C20H34F2O.C3H6/c1-13-2-4-14(5-3-13)12-15-6-8-16(9-7-15)17-10-11-18(23)20(22)19(17)21;1-3-2/h13-20,23H,2-12H2,1H3;3H,1H2,2H3. The van der Waals surface area contributed by atoms with Gasteiger partial charge in [-0.15, -0.1) is 6.58 Å². The summed E-state index contributed by atoms with van der Waals surface area (Å²) in [5.41, 5.74) is 0. The SMILES string of the molecule is C=CC.CC1CCC(CC2CCC(C3CCC(O)C(F)C3F)CC2)CC1. The number of hydrogen-bond acceptors (Lipinski definition) is 1. The van der Waals surface area contributed by atoms with E-state index in [4.69, 9.17) is 0 Å². The molecule has 0 amide bonds. The molecule has 0 aromatic rings. The summed E-state index contributed by atoms with van der Waals surface area (Å²) in [5.74, 6) is 2.85. The summed E-state index contributed by atoms with van der Waals surface area (Å²) in [4.78, 5) is 0. The summed E-state index contributed by atoms with van der Waals surface area (Å²) in [6.07, 6.45) is 10.2. The Balaban J connectivity index is 0.000000758. The van der Waals surface area contributed by atoms with Crippen LogP contribution in [0.4, 0.5) is 8.78 Å². The lowest BCUT2D eigenvalue weighted by Gasteiger charge is -2.41. The lowest BCUT2D eigenvalue weighted by molar-refractivity contribution is -0.0551. The number of halogens is 2. The van der Waals surface area contributed by atoms with Gasteiger partial charge in [-0.05, 0) is 68.6 Å². The first kappa shape index (κ1) is 21.9. The highest BCUT2D eigenvalue weighted by atomic mass is 19.2. The molecule has 3 heteroatoms. The Morgan fingerprint density at radius 1 is 0.846 bits per heavy atom. The van der Waals surface area contributed by atoms with E-state index in [0.717, 1.165) is 30.6 Å². The van der Waals surface area contributed by atoms with Crippen molar-refractivity contribution in [1.82, 2.24) is 0 Å². The molecule has 4 atom stereocenters. The first-order valence-corrected chi connectivity index (χ1v) is 11.0. The molecule has 0 bridgehead atoms. The maximum atomic E-state index is 14.2. The highest BCUT2D eigenvalue weighted by Crippen LogP contribution is 2.44. The van der Waals surface area contributed by atoms with Gasteiger partial charge < -0.3 is 5.11 Å². The second-order valence-corrected chi connectivity index (χ2v) is 9.25. The Hall–Kier alpha value is -0.440. The fourth-order valence-electron chi connectivity index (χ4n) is 5.51. The van der Waals surface area contributed by atoms with E-state index < -0.39 is 18.4 Å². The molecule has 0 radical (unpaired) electrons. The zero-order chi connectivity index (χ0) is 19.1. The number of hydrogen-bond donors (Lipinski definition) is 1. The van der Waals surface area contributed by atoms with Gasteiger partial charge in [0, 0.05) is 0 Å². The van der Waals surface area contributed by atoms with Crippen molar-refractivity contribution in [3.63, 3.8) is 0 Å². The van der Waals surface area contributed by atoms with Gasteiger partial charge in [-0.2, -0.15) is 0 Å². The lowest BCUT2D eigenvalue weighted by atomic mass is 9.67. The first-order chi connectivity index (χ1) is 12.5. The molecule has 0 aromatic carbocycles. The number of allylic oxidation sites excluding steroid dienone is 1. The second kappa shape index (κ2) is 10.8. The van der Waals surface area contributed by atoms with Crippen molar-refractivity contribution in [2.24, 2.45) is 29.6 Å². The minimum Gasteiger partial charge on any atom is -0.390 e. The monoisotopic (exact) mass is 370 g/mol. The van der Waals surface area contributed by atoms with Crippen LogP contribution in [0.1, 0.15) is 84.5 Å². The molecule has 152 valence electrons. The maximum absolute atomic E-state index is 14.2. The third-order valence-corrected chi connectivity index (χ3v) is 7.18. The third kappa shape index (κ3) is 6.04. The Bertz CT molecular complexity index is 397. The zero-order valence-corrected chi connectivity index (χ0v) is 16.9. The van der Waals surface area contributed by atoms with Crippen LogP contribution >= 0.6 is 0 Å². The van der Waals surface area contributed by atoms with E-state index in [-0.39, 0.29) is 5.92 Å². The Labute approximate surface area is 159 Å². The molecule has 0 aromatic heterocycles. The van der Waals surface area contributed by atoms with Gasteiger partial charge in [-0.1, -0.05) is 51.5 Å². The molecular weight excluding hydrogens is 330 g/mol. The average Bonchev–Trinajstić information content (AvgIpc) is 2.63. The second-order valence-electron chi connectivity index (χ2n) is 9.25. The number of rotatable bonds is 3. The highest BCUT2D eigenvalue weighted by molar-refractivity contribution is 4.92. The van der Waals surface area contributed by atoms with Crippen molar-refractivity contribution in [3.05, 3.63) is 12.7 Å². The van der Waals surface area contributed by atoms with Gasteiger partial charge in [0.2, 0.25) is 0 Å². The molecule has 0 heterocycles. The smallest absolute Gasteiger partial charge is 0.157 e. The maximum Gasteiger partial charge on any atom is 0.157 e. The van der Waals surface area contributed by atoms with E-state index in [0.29, 0.717) is 18.8 Å². The van der Waals surface area contributed by atoms with Gasteiger partial charge in [0.1, 0.15) is 6.17 Å². The summed E-state index contributed by atoms with van der Waals surface area (Å²) in [6, 6.07) is 0. The van der Waals surface area contributed by atoms with Crippen LogP contribution in [-0.2, 0) is 0 Å². The Morgan fingerprint density at radius 3 is 1.88 bits per heavy atom. The van der Waals surface area contributed by atoms with E-state index in [1.165, 1.54) is 44.9 Å². The average molecular weight is 371 g/mol. The first-order valence-electron chi connectivity index (χ1n) is 11.0. The molecule has 0 saturated heterocycles. The van der Waals surface area contributed by atoms with Gasteiger partial charge in [-0.25, -0.2) is 8.78 Å². The normalized spacial score (nSPS) is 43.9. The molecule has 3 fully saturated rings. The van der Waals surface area contributed by atoms with Crippen molar-refractivity contribution < 1.29 is 13.9 Å². The molecule has 0 aliphatic heterocycles. The molecule has 1 nitrogen and oxygen atoms in total. The van der Waals surface area contributed by atoms with Crippen LogP contribution in [0.2, 0.25) is 0 Å². The Morgan fingerprint density at radius 2 is 1.35 bits per heavy atom. The molecule has 4 unspecified atom stereocenters. The summed E-state index contributed by atoms with van der Waals surface area (Å²) in [6.45, 7) is 7.62. The van der Waals surface area contributed by atoms with E-state index in [1.54, 1.807) is 6.08 Å². The van der Waals surface area contributed by atoms with Crippen molar-refractivity contribution in [1.29, 1.82) is 0 Å². The van der Waals surface area contributed by atoms with Crippen LogP contribution in [0, 0.1) is 29.6 Å². The van der Waals surface area contributed by atoms with Gasteiger partial charge in [0.25, 0.3) is 0 Å². The molecule has 26 heavy (non-hydrogen) atoms. The molecule has 3 saturated carbocycles. The largest absolute Gasteiger partial charge is 0.390 e. The van der Waals surface area contributed by atoms with Crippen molar-refractivity contribution >= 4 is 0 Å². The van der Waals surface area contributed by atoms with Crippen LogP contribution in [-0.4, -0.2) is 23.6 Å². The molecule has 1 N–H and O–H groups in total. The van der Waals surface area contributed by atoms with E-state index >= 15 is 0 Å². The summed E-state index contributed by atoms with van der Waals surface area (Å²) >= 11 is 0. The summed E-state index contributed by atoms with van der Waals surface area (Å²) in [7, 11) is 0. The van der Waals surface area contributed by atoms with Crippen LogP contribution < -0.4 is 0 Å². The van der Waals surface area contributed by atoms with Gasteiger partial charge in [0.05, 0.1) is 6.10 Å². The van der Waals surface area contributed by atoms with E-state index in [2.05, 4.69) is 13.5 Å². The number of aliphatic hydroxyl groups is 1. The van der Waals surface area contributed by atoms with Crippen LogP contribution in [0.15, 0.2) is 12.7 Å². The number of aliphatic hydroxyl groups excluding tert-OH is 1. The Kier molecular flexibility index (Phi) is 9.06. The zero-order valence-electron chi connectivity index (χ0n) is 16.9. The van der Waals surface area contributed by atoms with Gasteiger partial charge in [-0.3, -0.25) is 0 Å². The highest BCUT2D eigenvalue weighted by Gasteiger charge is 2.43. The topological polar surface area (TPSA) is 20.2 Å². The predicted octanol–water partition coefficient (Wildman–Crippen LogP) is 6.65. The third-order valence-electron chi connectivity index (χ3n) is 7.18. The van der Waals surface area contributed by atoms with Crippen molar-refractivity contribution in [2.45, 2.75) is 103 Å². The molecule has 3 aliphatic rings. The van der Waals surface area contributed by atoms with Crippen LogP contribution in [0.25, 0.3) is 0 Å². The molecule has 3 rings (SSSR count). The quantitative estimate of drug-likeness (QED) is 0.551. The summed E-state index contributed by atoms with van der Waals surface area (Å²) in [5, 5.41) is 9.49. The van der Waals surface area contributed by atoms with Crippen molar-refractivity contribution in [3.8, 4) is 0 Å². The van der Waals surface area contributed by atoms with Crippen LogP contribution in [0.3, 0.4) is 0 Å². The van der Waals surface area contributed by atoms with E-state index in [1.807, 2.05) is 6.92 Å². The van der Waals surface area contributed by atoms with Crippen molar-refractivity contribution in [2.75, 3.05) is 0 Å². The summed E-state index contributed by atoms with van der Waals surface area (Å²) < 4.78 is 28.0. The van der Waals surface area contributed by atoms with Gasteiger partial charge >= 0.3 is 0 Å². The van der Waals surface area contributed by atoms with E-state index in [9.17, 15) is 13.9 Å². The fourth-order valence-corrected chi connectivity index (χ4v) is 5.51. The molecule has 3 aliphatic carbocycles. The van der Waals surface area contributed by atoms with Crippen LogP contribution in [0.5, 0.6) is 0 Å². The number of alkyl halides is 2. The van der Waals surface area contributed by atoms with Gasteiger partial charge in [0.15, 0.2) is 6.17 Å². The predicted molar refractivity (Wildman–Crippen MR) is 106 cm³/mol. The minimum atomic E-state index is -1.66. The fraction of sp³-hybridized carbons (Fsp3) is 0.913. The molecule has 0 spiro atoms. The lowest BCUT2D eigenvalue weighted by Crippen LogP contribution is -2.44.